The lowest BCUT2D eigenvalue weighted by Gasteiger charge is -2.43. The normalized spacial score (nSPS) is 23.0. The van der Waals surface area contributed by atoms with Gasteiger partial charge in [0, 0.05) is 11.6 Å². The van der Waals surface area contributed by atoms with Gasteiger partial charge < -0.3 is 5.73 Å². The summed E-state index contributed by atoms with van der Waals surface area (Å²) in [4.78, 5) is 2.59. The first-order valence-corrected chi connectivity index (χ1v) is 6.65. The monoisotopic (exact) mass is 224 g/mol. The van der Waals surface area contributed by atoms with E-state index in [0.29, 0.717) is 0 Å². The predicted molar refractivity (Wildman–Crippen MR) is 71.5 cm³/mol. The maximum absolute atomic E-state index is 6.41. The third-order valence-corrected chi connectivity index (χ3v) is 4.23. The second kappa shape index (κ2) is 5.83. The zero-order valence-corrected chi connectivity index (χ0v) is 11.3. The van der Waals surface area contributed by atoms with E-state index in [0.717, 1.165) is 19.3 Å². The van der Waals surface area contributed by atoms with Crippen molar-refractivity contribution in [1.82, 2.24) is 4.90 Å². The van der Waals surface area contributed by atoms with E-state index >= 15 is 0 Å². The second-order valence-electron chi connectivity index (χ2n) is 5.51. The predicted octanol–water partition coefficient (Wildman–Crippen LogP) is 2.93. The van der Waals surface area contributed by atoms with Gasteiger partial charge in [0.25, 0.3) is 0 Å². The molecule has 2 N–H and O–H groups in total. The molecular weight excluding hydrogens is 196 g/mol. The molecule has 1 saturated heterocycles. The summed E-state index contributed by atoms with van der Waals surface area (Å²) in [6, 6.07) is 0.271. The van der Waals surface area contributed by atoms with Gasteiger partial charge in [0.15, 0.2) is 0 Å². The number of hydrogen-bond acceptors (Lipinski definition) is 2. The molecule has 0 aromatic rings. The smallest absolute Gasteiger partial charge is 0.0329 e. The Bertz CT molecular complexity index is 231. The minimum absolute atomic E-state index is 0.186. The Morgan fingerprint density at radius 1 is 1.44 bits per heavy atom. The molecule has 1 heterocycles. The summed E-state index contributed by atoms with van der Waals surface area (Å²) >= 11 is 0. The van der Waals surface area contributed by atoms with Crippen LogP contribution in [0.25, 0.3) is 0 Å². The molecule has 1 fully saturated rings. The topological polar surface area (TPSA) is 29.3 Å². The van der Waals surface area contributed by atoms with Crippen LogP contribution < -0.4 is 5.73 Å². The van der Waals surface area contributed by atoms with Crippen LogP contribution in [0.3, 0.4) is 0 Å². The van der Waals surface area contributed by atoms with E-state index in [1.165, 1.54) is 31.5 Å². The highest BCUT2D eigenvalue weighted by atomic mass is 15.2. The van der Waals surface area contributed by atoms with Gasteiger partial charge in [0.05, 0.1) is 0 Å². The SMILES string of the molecule is C=C(C)CCC(N)C(C)(CC)N1CCCC1. The summed E-state index contributed by atoms with van der Waals surface area (Å²) in [6.07, 6.45) is 5.94. The maximum Gasteiger partial charge on any atom is 0.0329 e. The molecule has 2 unspecified atom stereocenters. The van der Waals surface area contributed by atoms with E-state index in [1.807, 2.05) is 0 Å². The number of rotatable bonds is 6. The average Bonchev–Trinajstić information content (AvgIpc) is 2.78. The first-order valence-electron chi connectivity index (χ1n) is 6.65. The van der Waals surface area contributed by atoms with Crippen LogP contribution in [0.4, 0.5) is 0 Å². The fourth-order valence-electron chi connectivity index (χ4n) is 2.66. The van der Waals surface area contributed by atoms with Gasteiger partial charge in [-0.2, -0.15) is 0 Å². The van der Waals surface area contributed by atoms with Crippen LogP contribution in [-0.2, 0) is 0 Å². The van der Waals surface area contributed by atoms with Crippen LogP contribution in [0.1, 0.15) is 52.9 Å². The van der Waals surface area contributed by atoms with Crippen molar-refractivity contribution in [3.63, 3.8) is 0 Å². The van der Waals surface area contributed by atoms with Gasteiger partial charge in [0.2, 0.25) is 0 Å². The molecule has 0 radical (unpaired) electrons. The van der Waals surface area contributed by atoms with E-state index in [4.69, 9.17) is 5.73 Å². The molecule has 1 aliphatic heterocycles. The van der Waals surface area contributed by atoms with Gasteiger partial charge >= 0.3 is 0 Å². The molecule has 0 bridgehead atoms. The first kappa shape index (κ1) is 13.7. The van der Waals surface area contributed by atoms with E-state index in [2.05, 4.69) is 32.3 Å². The third kappa shape index (κ3) is 3.08. The zero-order valence-electron chi connectivity index (χ0n) is 11.3. The highest BCUT2D eigenvalue weighted by molar-refractivity contribution is 4.99. The maximum atomic E-state index is 6.41. The Hall–Kier alpha value is -0.340. The molecule has 1 aliphatic rings. The lowest BCUT2D eigenvalue weighted by Crippen LogP contribution is -2.56. The summed E-state index contributed by atoms with van der Waals surface area (Å²) in [6.45, 7) is 13.1. The summed E-state index contributed by atoms with van der Waals surface area (Å²) in [5.41, 5.74) is 7.84. The number of nitrogens with zero attached hydrogens (tertiary/aromatic N) is 1. The van der Waals surface area contributed by atoms with Crippen molar-refractivity contribution in [2.75, 3.05) is 13.1 Å². The van der Waals surface area contributed by atoms with Crippen LogP contribution in [-0.4, -0.2) is 29.6 Å². The summed E-state index contributed by atoms with van der Waals surface area (Å²) in [5.74, 6) is 0. The lowest BCUT2D eigenvalue weighted by atomic mass is 9.85. The van der Waals surface area contributed by atoms with Crippen molar-refractivity contribution in [2.45, 2.75) is 64.5 Å². The van der Waals surface area contributed by atoms with E-state index in [-0.39, 0.29) is 11.6 Å². The summed E-state index contributed by atoms with van der Waals surface area (Å²) in [5, 5.41) is 0. The third-order valence-electron chi connectivity index (χ3n) is 4.23. The lowest BCUT2D eigenvalue weighted by molar-refractivity contribution is 0.0966. The number of allylic oxidation sites excluding steroid dienone is 1. The average molecular weight is 224 g/mol. The van der Waals surface area contributed by atoms with Gasteiger partial charge in [-0.1, -0.05) is 12.5 Å². The first-order chi connectivity index (χ1) is 7.50. The number of likely N-dealkylation sites (tertiary alicyclic amines) is 1. The van der Waals surface area contributed by atoms with Crippen molar-refractivity contribution >= 4 is 0 Å². The minimum Gasteiger partial charge on any atom is -0.326 e. The molecule has 0 aromatic heterocycles. The molecule has 0 aromatic carbocycles. The second-order valence-corrected chi connectivity index (χ2v) is 5.51. The number of hydrogen-bond donors (Lipinski definition) is 1. The number of nitrogens with two attached hydrogens (primary N) is 1. The van der Waals surface area contributed by atoms with Crippen LogP contribution in [0, 0.1) is 0 Å². The van der Waals surface area contributed by atoms with Crippen LogP contribution in [0.5, 0.6) is 0 Å². The molecule has 2 atom stereocenters. The molecular formula is C14H28N2. The van der Waals surface area contributed by atoms with Crippen molar-refractivity contribution in [3.8, 4) is 0 Å². The van der Waals surface area contributed by atoms with Crippen LogP contribution >= 0.6 is 0 Å². The van der Waals surface area contributed by atoms with Crippen molar-refractivity contribution in [3.05, 3.63) is 12.2 Å². The molecule has 2 heteroatoms. The summed E-state index contributed by atoms with van der Waals surface area (Å²) < 4.78 is 0. The van der Waals surface area contributed by atoms with Crippen molar-refractivity contribution in [2.24, 2.45) is 5.73 Å². The summed E-state index contributed by atoms with van der Waals surface area (Å²) in [7, 11) is 0. The molecule has 0 amide bonds. The standard InChI is InChI=1S/C14H28N2/c1-5-14(4,16-10-6-7-11-16)13(15)9-8-12(2)3/h13H,2,5-11,15H2,1,3-4H3. The van der Waals surface area contributed by atoms with Gasteiger partial charge in [-0.05, 0) is 59.0 Å². The largest absolute Gasteiger partial charge is 0.326 e. The Morgan fingerprint density at radius 2 is 2.00 bits per heavy atom. The van der Waals surface area contributed by atoms with Crippen molar-refractivity contribution in [1.29, 1.82) is 0 Å². The fraction of sp³-hybridized carbons (Fsp3) is 0.857. The van der Waals surface area contributed by atoms with Gasteiger partial charge in [-0.3, -0.25) is 4.90 Å². The van der Waals surface area contributed by atoms with Gasteiger partial charge in [-0.15, -0.1) is 6.58 Å². The molecule has 0 saturated carbocycles. The fourth-order valence-corrected chi connectivity index (χ4v) is 2.66. The van der Waals surface area contributed by atoms with Crippen molar-refractivity contribution < 1.29 is 0 Å². The Labute approximate surface area is 101 Å². The zero-order chi connectivity index (χ0) is 12.2. The minimum atomic E-state index is 0.186. The Balaban J connectivity index is 2.58. The Morgan fingerprint density at radius 3 is 2.44 bits per heavy atom. The van der Waals surface area contributed by atoms with E-state index in [9.17, 15) is 0 Å². The van der Waals surface area contributed by atoms with Crippen LogP contribution in [0.2, 0.25) is 0 Å². The highest BCUT2D eigenvalue weighted by Gasteiger charge is 2.36. The van der Waals surface area contributed by atoms with Crippen LogP contribution in [0.15, 0.2) is 12.2 Å². The Kier molecular flexibility index (Phi) is 5.00. The van der Waals surface area contributed by atoms with E-state index in [1.54, 1.807) is 0 Å². The molecule has 1 rings (SSSR count). The van der Waals surface area contributed by atoms with Gasteiger partial charge in [-0.25, -0.2) is 0 Å². The molecule has 0 aliphatic carbocycles. The molecule has 2 nitrogen and oxygen atoms in total. The molecule has 16 heavy (non-hydrogen) atoms. The highest BCUT2D eigenvalue weighted by Crippen LogP contribution is 2.29. The van der Waals surface area contributed by atoms with E-state index < -0.39 is 0 Å². The molecule has 0 spiro atoms. The van der Waals surface area contributed by atoms with Gasteiger partial charge in [0.1, 0.15) is 0 Å². The quantitative estimate of drug-likeness (QED) is 0.703. The molecule has 94 valence electrons.